The molecule has 0 atom stereocenters. The van der Waals surface area contributed by atoms with Crippen molar-refractivity contribution in [2.75, 3.05) is 5.73 Å². The number of halogens is 6. The molecule has 2 nitrogen and oxygen atoms in total. The number of hydrogen-bond donors (Lipinski definition) is 1. The van der Waals surface area contributed by atoms with Gasteiger partial charge in [0.25, 0.3) is 0 Å². The van der Waals surface area contributed by atoms with E-state index in [0.717, 1.165) is 0 Å². The van der Waals surface area contributed by atoms with Crippen molar-refractivity contribution in [2.45, 2.75) is 0 Å². The molecule has 8 heteroatoms. The Labute approximate surface area is 138 Å². The summed E-state index contributed by atoms with van der Waals surface area (Å²) in [4.78, 5) is 12.4. The van der Waals surface area contributed by atoms with Crippen LogP contribution in [0.3, 0.4) is 0 Å². The molecule has 0 fully saturated rings. The van der Waals surface area contributed by atoms with Crippen LogP contribution in [0.5, 0.6) is 0 Å². The molecule has 0 aliphatic rings. The molecule has 0 heterocycles. The first-order valence-corrected chi connectivity index (χ1v) is 6.87. The van der Waals surface area contributed by atoms with E-state index in [1.54, 1.807) is 0 Å². The van der Waals surface area contributed by atoms with Gasteiger partial charge in [-0.15, -0.1) is 0 Å². The molecule has 0 aliphatic carbocycles. The first kappa shape index (κ1) is 16.3. The largest absolute Gasteiger partial charge is 0.398 e. The van der Waals surface area contributed by atoms with Gasteiger partial charge in [0.05, 0.1) is 25.7 Å². The summed E-state index contributed by atoms with van der Waals surface area (Å²) in [6, 6.07) is 2.59. The minimum atomic E-state index is -1.22. The highest BCUT2D eigenvalue weighted by atomic mass is 35.5. The van der Waals surface area contributed by atoms with E-state index >= 15 is 0 Å². The Balaban J connectivity index is 2.66. The summed E-state index contributed by atoms with van der Waals surface area (Å²) in [6.07, 6.45) is 0. The number of ketones is 1. The second kappa shape index (κ2) is 5.97. The molecule has 0 amide bonds. The molecule has 2 N–H and O–H groups in total. The average Bonchev–Trinajstić information content (AvgIpc) is 2.40. The monoisotopic (exact) mass is 369 g/mol. The molecule has 0 unspecified atom stereocenters. The Morgan fingerprint density at radius 2 is 1.48 bits per heavy atom. The lowest BCUT2D eigenvalue weighted by Gasteiger charge is -2.11. The maximum atomic E-state index is 13.3. The number of carbonyl (C=O) groups is 1. The van der Waals surface area contributed by atoms with Gasteiger partial charge in [0.15, 0.2) is 17.4 Å². The number of nitrogen functional groups attached to an aromatic ring is 1. The van der Waals surface area contributed by atoms with Gasteiger partial charge in [0, 0.05) is 17.3 Å². The molecule has 0 spiro atoms. The summed E-state index contributed by atoms with van der Waals surface area (Å²) < 4.78 is 26.3. The van der Waals surface area contributed by atoms with E-state index in [2.05, 4.69) is 0 Å². The molecular weight excluding hydrogens is 366 g/mol. The van der Waals surface area contributed by atoms with Crippen LogP contribution in [0.4, 0.5) is 14.5 Å². The Bertz CT molecular complexity index is 765. The second-order valence-electron chi connectivity index (χ2n) is 4.03. The summed E-state index contributed by atoms with van der Waals surface area (Å²) in [7, 11) is 0. The molecule has 0 bridgehead atoms. The van der Waals surface area contributed by atoms with Gasteiger partial charge in [-0.1, -0.05) is 46.4 Å². The summed E-state index contributed by atoms with van der Waals surface area (Å²) in [5, 5.41) is -0.291. The van der Waals surface area contributed by atoms with Crippen molar-refractivity contribution in [3.63, 3.8) is 0 Å². The van der Waals surface area contributed by atoms with Crippen molar-refractivity contribution >= 4 is 57.9 Å². The predicted octanol–water partition coefficient (Wildman–Crippen LogP) is 5.39. The molecule has 2 aromatic carbocycles. The SMILES string of the molecule is Nc1cc(F)c(F)cc1C(=O)c1c(Cl)cc(Cl)c(Cl)c1Cl. The van der Waals surface area contributed by atoms with E-state index in [1.165, 1.54) is 6.07 Å². The van der Waals surface area contributed by atoms with Crippen molar-refractivity contribution < 1.29 is 13.6 Å². The molecule has 2 rings (SSSR count). The Morgan fingerprint density at radius 3 is 2.10 bits per heavy atom. The van der Waals surface area contributed by atoms with Crippen molar-refractivity contribution in [1.29, 1.82) is 0 Å². The van der Waals surface area contributed by atoms with Gasteiger partial charge in [-0.3, -0.25) is 4.79 Å². The number of anilines is 1. The standard InChI is InChI=1S/C13H5Cl4F2NO/c14-5-2-6(15)11(16)12(17)10(5)13(21)4-1-7(18)8(19)3-9(4)20/h1-3H,20H2. The summed E-state index contributed by atoms with van der Waals surface area (Å²) in [6.45, 7) is 0. The van der Waals surface area contributed by atoms with Crippen molar-refractivity contribution in [1.82, 2.24) is 0 Å². The molecule has 110 valence electrons. The third-order valence-electron chi connectivity index (χ3n) is 2.68. The minimum Gasteiger partial charge on any atom is -0.398 e. The Hall–Kier alpha value is -1.07. The van der Waals surface area contributed by atoms with Crippen LogP contribution in [-0.4, -0.2) is 5.78 Å². The zero-order valence-electron chi connectivity index (χ0n) is 9.99. The van der Waals surface area contributed by atoms with Crippen LogP contribution in [0.1, 0.15) is 15.9 Å². The van der Waals surface area contributed by atoms with Crippen LogP contribution in [0.2, 0.25) is 20.1 Å². The van der Waals surface area contributed by atoms with Gasteiger partial charge in [0.2, 0.25) is 0 Å². The van der Waals surface area contributed by atoms with E-state index in [9.17, 15) is 13.6 Å². The van der Waals surface area contributed by atoms with Crippen molar-refractivity contribution in [3.8, 4) is 0 Å². The zero-order chi connectivity index (χ0) is 15.9. The lowest BCUT2D eigenvalue weighted by atomic mass is 10.0. The number of benzene rings is 2. The maximum Gasteiger partial charge on any atom is 0.198 e. The van der Waals surface area contributed by atoms with Crippen molar-refractivity contribution in [3.05, 3.63) is 61.1 Å². The van der Waals surface area contributed by atoms with Gasteiger partial charge in [0.1, 0.15) is 0 Å². The molecule has 0 saturated heterocycles. The fraction of sp³-hybridized carbons (Fsp3) is 0. The quantitative estimate of drug-likeness (QED) is 0.333. The summed E-state index contributed by atoms with van der Waals surface area (Å²) in [5.41, 5.74) is 4.80. The first-order chi connectivity index (χ1) is 9.73. The topological polar surface area (TPSA) is 43.1 Å². The Kier molecular flexibility index (Phi) is 4.63. The second-order valence-corrected chi connectivity index (χ2v) is 5.60. The molecule has 0 saturated carbocycles. The third kappa shape index (κ3) is 2.94. The zero-order valence-corrected chi connectivity index (χ0v) is 13.0. The number of rotatable bonds is 2. The molecule has 21 heavy (non-hydrogen) atoms. The molecule has 0 radical (unpaired) electrons. The van der Waals surface area contributed by atoms with Crippen molar-refractivity contribution in [2.24, 2.45) is 0 Å². The van der Waals surface area contributed by atoms with E-state index in [0.29, 0.717) is 12.1 Å². The van der Waals surface area contributed by atoms with Crippen LogP contribution in [0, 0.1) is 11.6 Å². The maximum absolute atomic E-state index is 13.3. The van der Waals surface area contributed by atoms with Gasteiger partial charge >= 0.3 is 0 Å². The Morgan fingerprint density at radius 1 is 0.905 bits per heavy atom. The van der Waals surface area contributed by atoms with Crippen LogP contribution in [-0.2, 0) is 0 Å². The van der Waals surface area contributed by atoms with Crippen LogP contribution in [0.15, 0.2) is 18.2 Å². The van der Waals surface area contributed by atoms with Gasteiger partial charge in [-0.2, -0.15) is 0 Å². The molecule has 0 aromatic heterocycles. The first-order valence-electron chi connectivity index (χ1n) is 5.36. The number of hydrogen-bond acceptors (Lipinski definition) is 2. The lowest BCUT2D eigenvalue weighted by Crippen LogP contribution is -2.09. The van der Waals surface area contributed by atoms with E-state index in [1.807, 2.05) is 0 Å². The normalized spacial score (nSPS) is 10.8. The van der Waals surface area contributed by atoms with Crippen LogP contribution < -0.4 is 5.73 Å². The lowest BCUT2D eigenvalue weighted by molar-refractivity contribution is 0.103. The number of nitrogens with two attached hydrogens (primary N) is 1. The van der Waals surface area contributed by atoms with Gasteiger partial charge < -0.3 is 5.73 Å². The fourth-order valence-corrected chi connectivity index (χ4v) is 2.75. The highest BCUT2D eigenvalue weighted by Gasteiger charge is 2.23. The number of carbonyl (C=O) groups excluding carboxylic acids is 1. The summed E-state index contributed by atoms with van der Waals surface area (Å²) in [5.74, 6) is -3.18. The van der Waals surface area contributed by atoms with E-state index < -0.39 is 17.4 Å². The minimum absolute atomic E-state index is 0.0569. The predicted molar refractivity (Wildman–Crippen MR) is 80.7 cm³/mol. The molecule has 2 aromatic rings. The van der Waals surface area contributed by atoms with Crippen LogP contribution >= 0.6 is 46.4 Å². The van der Waals surface area contributed by atoms with Gasteiger partial charge in [-0.05, 0) is 12.1 Å². The third-order valence-corrected chi connectivity index (χ3v) is 4.24. The van der Waals surface area contributed by atoms with Gasteiger partial charge in [-0.25, -0.2) is 8.78 Å². The van der Waals surface area contributed by atoms with E-state index in [-0.39, 0.29) is 36.9 Å². The molecule has 0 aliphatic heterocycles. The fourth-order valence-electron chi connectivity index (χ4n) is 1.67. The summed E-state index contributed by atoms with van der Waals surface area (Å²) >= 11 is 23.5. The average molecular weight is 371 g/mol. The smallest absolute Gasteiger partial charge is 0.198 e. The van der Waals surface area contributed by atoms with E-state index in [4.69, 9.17) is 52.1 Å². The van der Waals surface area contributed by atoms with Crippen LogP contribution in [0.25, 0.3) is 0 Å². The molecular formula is C13H5Cl4F2NO. The highest BCUT2D eigenvalue weighted by Crippen LogP contribution is 2.39. The highest BCUT2D eigenvalue weighted by molar-refractivity contribution is 6.51.